The molecule has 8 heteroatoms. The summed E-state index contributed by atoms with van der Waals surface area (Å²) in [6.07, 6.45) is 7.39. The molecule has 4 heterocycles. The Labute approximate surface area is 218 Å². The Hall–Kier alpha value is -3.57. The van der Waals surface area contributed by atoms with Gasteiger partial charge in [0.05, 0.1) is 17.3 Å². The van der Waals surface area contributed by atoms with Crippen molar-refractivity contribution in [3.63, 3.8) is 0 Å². The summed E-state index contributed by atoms with van der Waals surface area (Å²) < 4.78 is 1.97. The lowest BCUT2D eigenvalue weighted by atomic mass is 9.82. The van der Waals surface area contributed by atoms with Gasteiger partial charge in [0.2, 0.25) is 5.91 Å². The van der Waals surface area contributed by atoms with Crippen LogP contribution in [0.5, 0.6) is 0 Å². The van der Waals surface area contributed by atoms with Crippen LogP contribution in [0.1, 0.15) is 25.7 Å². The van der Waals surface area contributed by atoms with Crippen LogP contribution >= 0.6 is 0 Å². The highest BCUT2D eigenvalue weighted by atomic mass is 16.2. The molecule has 2 saturated heterocycles. The fourth-order valence-corrected chi connectivity index (χ4v) is 6.11. The fraction of sp³-hybridized carbons (Fsp3) is 0.483. The van der Waals surface area contributed by atoms with E-state index in [9.17, 15) is 4.79 Å². The molecule has 0 radical (unpaired) electrons. The Morgan fingerprint density at radius 1 is 0.892 bits per heavy atom. The molecule has 3 aromatic rings. The van der Waals surface area contributed by atoms with Crippen LogP contribution in [0, 0.1) is 23.2 Å². The monoisotopic (exact) mass is 497 g/mol. The molecular weight excluding hydrogens is 462 g/mol. The molecule has 1 aliphatic carbocycles. The molecule has 2 aliphatic heterocycles. The second kappa shape index (κ2) is 10.4. The largest absolute Gasteiger partial charge is 0.369 e. The number of amides is 1. The first-order valence-electron chi connectivity index (χ1n) is 13.7. The number of piperazine rings is 2. The van der Waals surface area contributed by atoms with Crippen molar-refractivity contribution in [1.82, 2.24) is 19.8 Å². The van der Waals surface area contributed by atoms with Crippen molar-refractivity contribution in [3.05, 3.63) is 48.8 Å². The summed E-state index contributed by atoms with van der Waals surface area (Å²) in [5.74, 6) is 0.507. The van der Waals surface area contributed by atoms with Gasteiger partial charge in [0.25, 0.3) is 0 Å². The van der Waals surface area contributed by atoms with E-state index in [0.29, 0.717) is 0 Å². The molecule has 6 rings (SSSR count). The molecule has 0 atom stereocenters. The van der Waals surface area contributed by atoms with Crippen molar-refractivity contribution in [2.45, 2.75) is 25.7 Å². The summed E-state index contributed by atoms with van der Waals surface area (Å²) in [5, 5.41) is 17.1. The highest BCUT2D eigenvalue weighted by Gasteiger charge is 2.31. The molecule has 192 valence electrons. The number of hydrogen-bond donors (Lipinski definition) is 1. The normalized spacial score (nSPS) is 22.7. The molecule has 3 fully saturated rings. The summed E-state index contributed by atoms with van der Waals surface area (Å²) in [6.45, 7) is 7.28. The minimum atomic E-state index is 0.0925. The van der Waals surface area contributed by atoms with E-state index in [1.54, 1.807) is 0 Å². The number of benzene rings is 1. The SMILES string of the molecule is N#CC1CCC(C(=O)N2CCN(c3ccnn4cc(-c5ccc(N6CCNCC6)cc5)cc34)CC2)CC1. The van der Waals surface area contributed by atoms with Crippen LogP contribution in [0.2, 0.25) is 0 Å². The smallest absolute Gasteiger partial charge is 0.225 e. The van der Waals surface area contributed by atoms with Gasteiger partial charge in [-0.15, -0.1) is 0 Å². The van der Waals surface area contributed by atoms with Crippen molar-refractivity contribution in [2.75, 3.05) is 62.2 Å². The van der Waals surface area contributed by atoms with E-state index in [1.807, 2.05) is 15.6 Å². The van der Waals surface area contributed by atoms with E-state index in [1.165, 1.54) is 16.9 Å². The fourth-order valence-electron chi connectivity index (χ4n) is 6.11. The number of nitriles is 1. The number of anilines is 2. The molecule has 1 amide bonds. The van der Waals surface area contributed by atoms with Crippen molar-refractivity contribution < 1.29 is 4.79 Å². The van der Waals surface area contributed by atoms with Crippen molar-refractivity contribution in [2.24, 2.45) is 11.8 Å². The van der Waals surface area contributed by atoms with Gasteiger partial charge in [-0.3, -0.25) is 4.79 Å². The van der Waals surface area contributed by atoms with Gasteiger partial charge in [-0.1, -0.05) is 12.1 Å². The number of carbonyl (C=O) groups excluding carboxylic acids is 1. The van der Waals surface area contributed by atoms with Gasteiger partial charge in [-0.2, -0.15) is 10.4 Å². The number of nitrogens with zero attached hydrogens (tertiary/aromatic N) is 6. The number of rotatable bonds is 4. The quantitative estimate of drug-likeness (QED) is 0.595. The van der Waals surface area contributed by atoms with Gasteiger partial charge >= 0.3 is 0 Å². The Morgan fingerprint density at radius 3 is 2.32 bits per heavy atom. The van der Waals surface area contributed by atoms with Crippen molar-refractivity contribution in [1.29, 1.82) is 5.26 Å². The minimum Gasteiger partial charge on any atom is -0.369 e. The first-order valence-corrected chi connectivity index (χ1v) is 13.7. The Bertz CT molecular complexity index is 1270. The van der Waals surface area contributed by atoms with E-state index >= 15 is 0 Å². The standard InChI is InChI=1S/C29H35N7O/c30-20-22-1-3-24(4-2-22)29(37)35-17-15-34(16-18-35)27-9-10-32-36-21-25(19-28(27)36)23-5-7-26(8-6-23)33-13-11-31-12-14-33/h5-10,19,21-22,24,31H,1-4,11-18H2. The second-order valence-electron chi connectivity index (χ2n) is 10.5. The zero-order valence-electron chi connectivity index (χ0n) is 21.4. The molecule has 0 spiro atoms. The molecule has 8 nitrogen and oxygen atoms in total. The summed E-state index contributed by atoms with van der Waals surface area (Å²) >= 11 is 0. The number of hydrogen-bond acceptors (Lipinski definition) is 6. The third-order valence-corrected chi connectivity index (χ3v) is 8.36. The number of nitrogens with one attached hydrogen (secondary N) is 1. The number of carbonyl (C=O) groups is 1. The molecular formula is C29H35N7O. The maximum atomic E-state index is 13.1. The van der Waals surface area contributed by atoms with E-state index in [2.05, 4.69) is 68.9 Å². The average Bonchev–Trinajstić information content (AvgIpc) is 3.42. The molecule has 0 unspecified atom stereocenters. The molecule has 37 heavy (non-hydrogen) atoms. The zero-order chi connectivity index (χ0) is 25.2. The topological polar surface area (TPSA) is 79.9 Å². The van der Waals surface area contributed by atoms with E-state index in [4.69, 9.17) is 5.26 Å². The van der Waals surface area contributed by atoms with Crippen LogP contribution in [0.25, 0.3) is 16.6 Å². The van der Waals surface area contributed by atoms with Crippen LogP contribution in [0.15, 0.2) is 48.8 Å². The molecule has 2 aromatic heterocycles. The molecule has 1 aromatic carbocycles. The maximum Gasteiger partial charge on any atom is 0.225 e. The predicted molar refractivity (Wildman–Crippen MR) is 146 cm³/mol. The van der Waals surface area contributed by atoms with Gasteiger partial charge in [-0.25, -0.2) is 4.52 Å². The van der Waals surface area contributed by atoms with Gasteiger partial charge in [-0.05, 0) is 55.5 Å². The molecule has 1 N–H and O–H groups in total. The van der Waals surface area contributed by atoms with Crippen molar-refractivity contribution >= 4 is 22.8 Å². The molecule has 1 saturated carbocycles. The van der Waals surface area contributed by atoms with Crippen LogP contribution < -0.4 is 15.1 Å². The summed E-state index contributed by atoms with van der Waals surface area (Å²) in [7, 11) is 0. The predicted octanol–water partition coefficient (Wildman–Crippen LogP) is 3.39. The molecule has 3 aliphatic rings. The Balaban J connectivity index is 1.13. The van der Waals surface area contributed by atoms with Crippen LogP contribution in [0.4, 0.5) is 11.4 Å². The van der Waals surface area contributed by atoms with Gasteiger partial charge in [0.15, 0.2) is 0 Å². The maximum absolute atomic E-state index is 13.1. The summed E-state index contributed by atoms with van der Waals surface area (Å²) in [6, 6.07) is 15.5. The zero-order valence-corrected chi connectivity index (χ0v) is 21.4. The third kappa shape index (κ3) is 4.88. The lowest BCUT2D eigenvalue weighted by Gasteiger charge is -2.38. The van der Waals surface area contributed by atoms with Crippen LogP contribution in [0.3, 0.4) is 0 Å². The highest BCUT2D eigenvalue weighted by Crippen LogP contribution is 2.32. The molecule has 0 bridgehead atoms. The summed E-state index contributed by atoms with van der Waals surface area (Å²) in [5.41, 5.74) is 5.89. The van der Waals surface area contributed by atoms with Crippen molar-refractivity contribution in [3.8, 4) is 17.2 Å². The van der Waals surface area contributed by atoms with E-state index in [-0.39, 0.29) is 17.7 Å². The lowest BCUT2D eigenvalue weighted by molar-refractivity contribution is -0.137. The third-order valence-electron chi connectivity index (χ3n) is 8.36. The lowest BCUT2D eigenvalue weighted by Crippen LogP contribution is -2.50. The first-order chi connectivity index (χ1) is 18.2. The van der Waals surface area contributed by atoms with Crippen LogP contribution in [-0.4, -0.2) is 72.8 Å². The average molecular weight is 498 g/mol. The highest BCUT2D eigenvalue weighted by molar-refractivity contribution is 5.81. The Morgan fingerprint density at radius 2 is 1.62 bits per heavy atom. The van der Waals surface area contributed by atoms with E-state index < -0.39 is 0 Å². The number of fused-ring (bicyclic) bond motifs is 1. The van der Waals surface area contributed by atoms with Crippen LogP contribution in [-0.2, 0) is 4.79 Å². The Kier molecular flexibility index (Phi) is 6.71. The van der Waals surface area contributed by atoms with Gasteiger partial charge in [0.1, 0.15) is 0 Å². The van der Waals surface area contributed by atoms with Gasteiger partial charge in [0, 0.05) is 87.8 Å². The second-order valence-corrected chi connectivity index (χ2v) is 10.5. The first kappa shape index (κ1) is 23.8. The number of aromatic nitrogens is 2. The van der Waals surface area contributed by atoms with E-state index in [0.717, 1.165) is 89.1 Å². The summed E-state index contributed by atoms with van der Waals surface area (Å²) in [4.78, 5) is 19.9. The minimum absolute atomic E-state index is 0.0925. The van der Waals surface area contributed by atoms with Gasteiger partial charge < -0.3 is 20.0 Å².